The van der Waals surface area contributed by atoms with Gasteiger partial charge in [-0.2, -0.15) is 0 Å². The Morgan fingerprint density at radius 1 is 1.15 bits per heavy atom. The highest BCUT2D eigenvalue weighted by atomic mass is 16.5. The molecule has 0 unspecified atom stereocenters. The maximum absolute atomic E-state index is 12.7. The Morgan fingerprint density at radius 3 is 2.59 bits per heavy atom. The number of aromatic nitrogens is 3. The maximum atomic E-state index is 12.7. The summed E-state index contributed by atoms with van der Waals surface area (Å²) in [6.45, 7) is 6.98. The molecule has 0 atom stereocenters. The van der Waals surface area contributed by atoms with E-state index in [-0.39, 0.29) is 5.91 Å². The molecule has 3 aromatic rings. The second kappa shape index (κ2) is 6.96. The molecule has 0 saturated carbocycles. The van der Waals surface area contributed by atoms with Crippen LogP contribution >= 0.6 is 0 Å². The Morgan fingerprint density at radius 2 is 1.89 bits per heavy atom. The van der Waals surface area contributed by atoms with Crippen molar-refractivity contribution in [1.29, 1.82) is 0 Å². The normalized spacial score (nSPS) is 15.4. The molecular weight excluding hydrogens is 344 g/mol. The molecule has 2 aromatic heterocycles. The average molecular weight is 366 g/mol. The van der Waals surface area contributed by atoms with Crippen LogP contribution in [0.5, 0.6) is 0 Å². The highest BCUT2D eigenvalue weighted by Gasteiger charge is 2.27. The van der Waals surface area contributed by atoms with Gasteiger partial charge in [0.15, 0.2) is 0 Å². The summed E-state index contributed by atoms with van der Waals surface area (Å²) in [7, 11) is 0. The molecule has 4 rings (SSSR count). The third-order valence-corrected chi connectivity index (χ3v) is 4.95. The third kappa shape index (κ3) is 3.35. The van der Waals surface area contributed by atoms with Gasteiger partial charge in [0.25, 0.3) is 5.91 Å². The number of nitrogens with two attached hydrogens (primary N) is 1. The zero-order valence-corrected chi connectivity index (χ0v) is 15.5. The number of amides is 1. The Balaban J connectivity index is 1.42. The quantitative estimate of drug-likeness (QED) is 0.754. The third-order valence-electron chi connectivity index (χ3n) is 4.95. The van der Waals surface area contributed by atoms with Crippen molar-refractivity contribution in [3.63, 3.8) is 0 Å². The molecule has 0 radical (unpaired) electrons. The molecule has 27 heavy (non-hydrogen) atoms. The first-order valence-electron chi connectivity index (χ1n) is 8.98. The summed E-state index contributed by atoms with van der Waals surface area (Å²) in [4.78, 5) is 25.9. The summed E-state index contributed by atoms with van der Waals surface area (Å²) in [6, 6.07) is 7.74. The number of benzene rings is 1. The number of carbonyl (C=O) groups is 1. The van der Waals surface area contributed by atoms with Gasteiger partial charge in [0, 0.05) is 31.6 Å². The van der Waals surface area contributed by atoms with Crippen LogP contribution in [-0.4, -0.2) is 57.0 Å². The minimum Gasteiger partial charge on any atom is -0.383 e. The van der Waals surface area contributed by atoms with Crippen LogP contribution in [0.25, 0.3) is 10.9 Å². The number of hydrogen-bond donors (Lipinski definition) is 1. The number of fused-ring (bicyclic) bond motifs is 1. The van der Waals surface area contributed by atoms with Crippen LogP contribution in [0.15, 0.2) is 28.8 Å². The van der Waals surface area contributed by atoms with Crippen LogP contribution in [0.4, 0.5) is 5.82 Å². The van der Waals surface area contributed by atoms with Gasteiger partial charge in [-0.05, 0) is 26.0 Å². The summed E-state index contributed by atoms with van der Waals surface area (Å²) in [5.41, 5.74) is 8.14. The lowest BCUT2D eigenvalue weighted by atomic mass is 10.1. The van der Waals surface area contributed by atoms with Crippen molar-refractivity contribution in [1.82, 2.24) is 24.9 Å². The number of piperazine rings is 1. The monoisotopic (exact) mass is 366 g/mol. The predicted octanol–water partition coefficient (Wildman–Crippen LogP) is 1.77. The second-order valence-electron chi connectivity index (χ2n) is 6.81. The van der Waals surface area contributed by atoms with E-state index in [4.69, 9.17) is 10.3 Å². The zero-order chi connectivity index (χ0) is 19.0. The molecule has 140 valence electrons. The van der Waals surface area contributed by atoms with Crippen LogP contribution in [0.1, 0.15) is 27.6 Å². The van der Waals surface area contributed by atoms with Gasteiger partial charge in [-0.1, -0.05) is 17.3 Å². The lowest BCUT2D eigenvalue weighted by Crippen LogP contribution is -2.48. The van der Waals surface area contributed by atoms with Crippen LogP contribution in [0.2, 0.25) is 0 Å². The fourth-order valence-corrected chi connectivity index (χ4v) is 3.48. The predicted molar refractivity (Wildman–Crippen MR) is 101 cm³/mol. The van der Waals surface area contributed by atoms with Crippen LogP contribution in [0, 0.1) is 13.8 Å². The number of hydrogen-bond acceptors (Lipinski definition) is 7. The van der Waals surface area contributed by atoms with Crippen molar-refractivity contribution < 1.29 is 9.32 Å². The number of anilines is 1. The van der Waals surface area contributed by atoms with Gasteiger partial charge in [-0.3, -0.25) is 9.69 Å². The fraction of sp³-hybridized carbons (Fsp3) is 0.368. The first-order valence-corrected chi connectivity index (χ1v) is 8.98. The lowest BCUT2D eigenvalue weighted by Gasteiger charge is -2.34. The molecule has 0 spiro atoms. The van der Waals surface area contributed by atoms with Gasteiger partial charge in [0.2, 0.25) is 0 Å². The Hall–Kier alpha value is -3.00. The number of nitrogens with zero attached hydrogens (tertiary/aromatic N) is 5. The van der Waals surface area contributed by atoms with Gasteiger partial charge in [0.05, 0.1) is 17.8 Å². The number of aryl methyl sites for hydroxylation is 2. The number of carbonyl (C=O) groups excluding carboxylic acids is 1. The number of rotatable bonds is 3. The summed E-state index contributed by atoms with van der Waals surface area (Å²) < 4.78 is 5.12. The van der Waals surface area contributed by atoms with Gasteiger partial charge in [-0.25, -0.2) is 9.97 Å². The topological polar surface area (TPSA) is 101 Å². The molecule has 8 heteroatoms. The highest BCUT2D eigenvalue weighted by Crippen LogP contribution is 2.19. The van der Waals surface area contributed by atoms with Crippen molar-refractivity contribution in [2.75, 3.05) is 31.9 Å². The lowest BCUT2D eigenvalue weighted by molar-refractivity contribution is 0.0623. The summed E-state index contributed by atoms with van der Waals surface area (Å²) in [5.74, 6) is 1.76. The van der Waals surface area contributed by atoms with E-state index >= 15 is 0 Å². The first kappa shape index (κ1) is 17.4. The van der Waals surface area contributed by atoms with Crippen molar-refractivity contribution in [3.05, 3.63) is 47.1 Å². The van der Waals surface area contributed by atoms with Gasteiger partial charge in [-0.15, -0.1) is 0 Å². The summed E-state index contributed by atoms with van der Waals surface area (Å²) in [5, 5.41) is 4.75. The summed E-state index contributed by atoms with van der Waals surface area (Å²) in [6.07, 6.45) is 0. The molecule has 1 amide bonds. The van der Waals surface area contributed by atoms with E-state index in [2.05, 4.69) is 20.0 Å². The van der Waals surface area contributed by atoms with Gasteiger partial charge < -0.3 is 15.2 Å². The molecule has 0 bridgehead atoms. The first-order chi connectivity index (χ1) is 13.0. The van der Waals surface area contributed by atoms with E-state index < -0.39 is 0 Å². The maximum Gasteiger partial charge on any atom is 0.259 e. The van der Waals surface area contributed by atoms with E-state index in [0.29, 0.717) is 48.3 Å². The fourth-order valence-electron chi connectivity index (χ4n) is 3.48. The van der Waals surface area contributed by atoms with E-state index in [1.807, 2.05) is 29.2 Å². The van der Waals surface area contributed by atoms with Crippen molar-refractivity contribution in [2.45, 2.75) is 20.4 Å². The Kier molecular flexibility index (Phi) is 4.49. The van der Waals surface area contributed by atoms with Crippen LogP contribution in [-0.2, 0) is 6.54 Å². The zero-order valence-electron chi connectivity index (χ0n) is 15.5. The van der Waals surface area contributed by atoms with Gasteiger partial charge in [0.1, 0.15) is 23.0 Å². The molecular formula is C19H22N6O2. The van der Waals surface area contributed by atoms with E-state index in [1.165, 1.54) is 0 Å². The number of nitrogen functional groups attached to an aromatic ring is 1. The minimum atomic E-state index is -0.0166. The Bertz CT molecular complexity index is 972. The van der Waals surface area contributed by atoms with Crippen LogP contribution < -0.4 is 5.73 Å². The van der Waals surface area contributed by atoms with E-state index in [1.54, 1.807) is 13.8 Å². The van der Waals surface area contributed by atoms with Gasteiger partial charge >= 0.3 is 0 Å². The van der Waals surface area contributed by atoms with E-state index in [9.17, 15) is 4.79 Å². The second-order valence-corrected chi connectivity index (χ2v) is 6.81. The molecule has 3 heterocycles. The average Bonchev–Trinajstić information content (AvgIpc) is 3.00. The van der Waals surface area contributed by atoms with Crippen LogP contribution in [0.3, 0.4) is 0 Å². The van der Waals surface area contributed by atoms with E-state index in [0.717, 1.165) is 24.0 Å². The minimum absolute atomic E-state index is 0.0166. The molecule has 1 aliphatic rings. The molecule has 1 aromatic carbocycles. The molecule has 0 aliphatic carbocycles. The largest absolute Gasteiger partial charge is 0.383 e. The molecule has 1 aliphatic heterocycles. The SMILES string of the molecule is Cc1noc(C)c1C(=O)N1CCN(Cc2nc(N)c3ccccc3n2)CC1. The van der Waals surface area contributed by atoms with Crippen molar-refractivity contribution >= 4 is 22.6 Å². The molecule has 8 nitrogen and oxygen atoms in total. The standard InChI is InChI=1S/C19H22N6O2/c1-12-17(13(2)27-23-12)19(26)25-9-7-24(8-10-25)11-16-21-15-6-4-3-5-14(15)18(20)22-16/h3-6H,7-11H2,1-2H3,(H2,20,21,22). The number of para-hydroxylation sites is 1. The molecule has 2 N–H and O–H groups in total. The van der Waals surface area contributed by atoms with Crippen molar-refractivity contribution in [2.24, 2.45) is 0 Å². The summed E-state index contributed by atoms with van der Waals surface area (Å²) >= 11 is 0. The van der Waals surface area contributed by atoms with Crippen molar-refractivity contribution in [3.8, 4) is 0 Å². The Labute approximate surface area is 157 Å². The highest BCUT2D eigenvalue weighted by molar-refractivity contribution is 5.96. The molecule has 1 fully saturated rings. The molecule has 1 saturated heterocycles. The smallest absolute Gasteiger partial charge is 0.259 e.